The number of hydrogen-bond acceptors (Lipinski definition) is 6. The molecule has 0 spiro atoms. The summed E-state index contributed by atoms with van der Waals surface area (Å²) in [7, 11) is 1.59. The number of hydrogen-bond donors (Lipinski definition) is 1. The molecule has 6 heteroatoms. The van der Waals surface area contributed by atoms with Crippen molar-refractivity contribution in [3.63, 3.8) is 0 Å². The number of rotatable bonds is 6. The van der Waals surface area contributed by atoms with Gasteiger partial charge in [0.25, 0.3) is 0 Å². The summed E-state index contributed by atoms with van der Waals surface area (Å²) in [6.07, 6.45) is 6.41. The Morgan fingerprint density at radius 2 is 2.21 bits per heavy atom. The minimum atomic E-state index is -0.562. The van der Waals surface area contributed by atoms with Crippen molar-refractivity contribution in [1.82, 2.24) is 15.1 Å². The molecular weight excluding hydrogens is 306 g/mol. The second kappa shape index (κ2) is 8.26. The third-order valence-corrected chi connectivity index (χ3v) is 4.64. The highest BCUT2D eigenvalue weighted by Crippen LogP contribution is 2.27. The van der Waals surface area contributed by atoms with Crippen LogP contribution in [0, 0.1) is 0 Å². The van der Waals surface area contributed by atoms with Gasteiger partial charge in [-0.3, -0.25) is 4.90 Å². The van der Waals surface area contributed by atoms with E-state index in [0.717, 1.165) is 25.2 Å². The SMILES string of the molecule is COc1ccc(CN2CCCCC[C@@H]2C[C@@H](O)c2ccco2)nn1. The van der Waals surface area contributed by atoms with Gasteiger partial charge in [-0.25, -0.2) is 0 Å². The van der Waals surface area contributed by atoms with Crippen LogP contribution in [0.2, 0.25) is 0 Å². The summed E-state index contributed by atoms with van der Waals surface area (Å²) in [6, 6.07) is 7.76. The zero-order chi connectivity index (χ0) is 16.8. The summed E-state index contributed by atoms with van der Waals surface area (Å²) in [5.74, 6) is 1.17. The van der Waals surface area contributed by atoms with E-state index in [1.165, 1.54) is 19.3 Å². The highest BCUT2D eigenvalue weighted by Gasteiger charge is 2.25. The van der Waals surface area contributed by atoms with Gasteiger partial charge in [-0.1, -0.05) is 12.8 Å². The monoisotopic (exact) mass is 331 g/mol. The van der Waals surface area contributed by atoms with E-state index in [0.29, 0.717) is 24.1 Å². The van der Waals surface area contributed by atoms with Crippen molar-refractivity contribution in [2.24, 2.45) is 0 Å². The van der Waals surface area contributed by atoms with Crippen LogP contribution in [0.25, 0.3) is 0 Å². The van der Waals surface area contributed by atoms with E-state index in [1.807, 2.05) is 24.3 Å². The molecule has 2 atom stereocenters. The largest absolute Gasteiger partial charge is 0.480 e. The maximum absolute atomic E-state index is 10.4. The van der Waals surface area contributed by atoms with Crippen LogP contribution in [-0.4, -0.2) is 39.9 Å². The van der Waals surface area contributed by atoms with Gasteiger partial charge in [-0.05, 0) is 44.0 Å². The van der Waals surface area contributed by atoms with Crippen LogP contribution in [0.4, 0.5) is 0 Å². The smallest absolute Gasteiger partial charge is 0.233 e. The molecule has 1 aliphatic heterocycles. The Labute approximate surface area is 142 Å². The molecule has 2 aromatic rings. The van der Waals surface area contributed by atoms with Gasteiger partial charge in [0.1, 0.15) is 11.9 Å². The van der Waals surface area contributed by atoms with Crippen molar-refractivity contribution >= 4 is 0 Å². The van der Waals surface area contributed by atoms with Crippen LogP contribution in [0.5, 0.6) is 5.88 Å². The fourth-order valence-corrected chi connectivity index (χ4v) is 3.32. The molecule has 3 heterocycles. The van der Waals surface area contributed by atoms with Gasteiger partial charge in [0.15, 0.2) is 0 Å². The van der Waals surface area contributed by atoms with Gasteiger partial charge in [-0.2, -0.15) is 5.10 Å². The molecule has 0 aromatic carbocycles. The lowest BCUT2D eigenvalue weighted by molar-refractivity contribution is 0.0823. The quantitative estimate of drug-likeness (QED) is 0.877. The van der Waals surface area contributed by atoms with Crippen molar-refractivity contribution in [1.29, 1.82) is 0 Å². The van der Waals surface area contributed by atoms with Crippen molar-refractivity contribution in [3.8, 4) is 5.88 Å². The minimum absolute atomic E-state index is 0.316. The van der Waals surface area contributed by atoms with E-state index >= 15 is 0 Å². The molecule has 1 saturated heterocycles. The van der Waals surface area contributed by atoms with Crippen LogP contribution >= 0.6 is 0 Å². The lowest BCUT2D eigenvalue weighted by Crippen LogP contribution is -2.35. The second-order valence-corrected chi connectivity index (χ2v) is 6.31. The highest BCUT2D eigenvalue weighted by molar-refractivity contribution is 5.11. The zero-order valence-corrected chi connectivity index (χ0v) is 14.1. The fourth-order valence-electron chi connectivity index (χ4n) is 3.32. The predicted octanol–water partition coefficient (Wildman–Crippen LogP) is 2.95. The predicted molar refractivity (Wildman–Crippen MR) is 89.5 cm³/mol. The third kappa shape index (κ3) is 4.33. The van der Waals surface area contributed by atoms with Gasteiger partial charge < -0.3 is 14.3 Å². The lowest BCUT2D eigenvalue weighted by atomic mass is 10.0. The van der Waals surface area contributed by atoms with Crippen LogP contribution in [0.1, 0.15) is 49.7 Å². The number of ether oxygens (including phenoxy) is 1. The second-order valence-electron chi connectivity index (χ2n) is 6.31. The Kier molecular flexibility index (Phi) is 5.82. The summed E-state index contributed by atoms with van der Waals surface area (Å²) >= 11 is 0. The van der Waals surface area contributed by atoms with Crippen molar-refractivity contribution in [3.05, 3.63) is 42.0 Å². The van der Waals surface area contributed by atoms with Crippen molar-refractivity contribution < 1.29 is 14.3 Å². The molecule has 6 nitrogen and oxygen atoms in total. The van der Waals surface area contributed by atoms with E-state index < -0.39 is 6.10 Å². The molecule has 0 saturated carbocycles. The van der Waals surface area contributed by atoms with Crippen molar-refractivity contribution in [2.75, 3.05) is 13.7 Å². The molecule has 0 unspecified atom stereocenters. The Morgan fingerprint density at radius 1 is 1.29 bits per heavy atom. The number of aromatic nitrogens is 2. The number of furan rings is 1. The number of methoxy groups -OCH3 is 1. The van der Waals surface area contributed by atoms with E-state index in [4.69, 9.17) is 9.15 Å². The molecule has 0 aliphatic carbocycles. The molecular formula is C18H25N3O3. The average molecular weight is 331 g/mol. The molecule has 3 rings (SSSR count). The average Bonchev–Trinajstić information content (AvgIpc) is 3.07. The zero-order valence-electron chi connectivity index (χ0n) is 14.1. The molecule has 1 aliphatic rings. The van der Waals surface area contributed by atoms with Crippen LogP contribution in [-0.2, 0) is 6.54 Å². The summed E-state index contributed by atoms with van der Waals surface area (Å²) < 4.78 is 10.4. The molecule has 0 amide bonds. The first-order valence-electron chi connectivity index (χ1n) is 8.58. The first-order valence-corrected chi connectivity index (χ1v) is 8.58. The first kappa shape index (κ1) is 16.9. The molecule has 2 aromatic heterocycles. The molecule has 0 bridgehead atoms. The maximum Gasteiger partial charge on any atom is 0.233 e. The number of aliphatic hydroxyl groups is 1. The number of likely N-dealkylation sites (tertiary alicyclic amines) is 1. The van der Waals surface area contributed by atoms with Gasteiger partial charge in [-0.15, -0.1) is 5.10 Å². The Bertz CT molecular complexity index is 600. The molecule has 1 N–H and O–H groups in total. The lowest BCUT2D eigenvalue weighted by Gasteiger charge is -2.30. The molecule has 0 radical (unpaired) electrons. The van der Waals surface area contributed by atoms with Gasteiger partial charge in [0, 0.05) is 18.7 Å². The summed E-state index contributed by atoms with van der Waals surface area (Å²) in [6.45, 7) is 1.76. The highest BCUT2D eigenvalue weighted by atomic mass is 16.5. The maximum atomic E-state index is 10.4. The summed E-state index contributed by atoms with van der Waals surface area (Å²) in [5, 5.41) is 18.7. The van der Waals surface area contributed by atoms with Crippen LogP contribution in [0.3, 0.4) is 0 Å². The van der Waals surface area contributed by atoms with E-state index in [1.54, 1.807) is 13.4 Å². The molecule has 1 fully saturated rings. The first-order chi connectivity index (χ1) is 11.8. The van der Waals surface area contributed by atoms with E-state index in [2.05, 4.69) is 15.1 Å². The van der Waals surface area contributed by atoms with Crippen LogP contribution in [0.15, 0.2) is 34.9 Å². The number of nitrogens with zero attached hydrogens (tertiary/aromatic N) is 3. The third-order valence-electron chi connectivity index (χ3n) is 4.64. The van der Waals surface area contributed by atoms with Gasteiger partial charge in [0.2, 0.25) is 5.88 Å². The van der Waals surface area contributed by atoms with Crippen molar-refractivity contribution in [2.45, 2.75) is 50.8 Å². The topological polar surface area (TPSA) is 71.6 Å². The standard InChI is InChI=1S/C18H25N3O3/c1-23-18-9-8-14(19-20-18)13-21-10-4-2-3-6-15(21)12-16(22)17-7-5-11-24-17/h5,7-9,11,15-16,22H,2-4,6,10,12-13H2,1H3/t15-,16-/m1/s1. The summed E-state index contributed by atoms with van der Waals surface area (Å²) in [4.78, 5) is 2.41. The summed E-state index contributed by atoms with van der Waals surface area (Å²) in [5.41, 5.74) is 0.926. The Hall–Kier alpha value is -1.92. The van der Waals surface area contributed by atoms with Gasteiger partial charge >= 0.3 is 0 Å². The normalized spacial score (nSPS) is 20.5. The molecule has 130 valence electrons. The Morgan fingerprint density at radius 3 is 2.92 bits per heavy atom. The van der Waals surface area contributed by atoms with Crippen LogP contribution < -0.4 is 4.74 Å². The number of aliphatic hydroxyl groups excluding tert-OH is 1. The van der Waals surface area contributed by atoms with E-state index in [9.17, 15) is 5.11 Å². The molecule has 24 heavy (non-hydrogen) atoms. The minimum Gasteiger partial charge on any atom is -0.480 e. The fraction of sp³-hybridized carbons (Fsp3) is 0.556. The van der Waals surface area contributed by atoms with Gasteiger partial charge in [0.05, 0.1) is 19.1 Å². The van der Waals surface area contributed by atoms with E-state index in [-0.39, 0.29) is 0 Å². The Balaban J connectivity index is 1.67.